The molecule has 2 N–H and O–H groups in total. The van der Waals surface area contributed by atoms with Crippen molar-refractivity contribution in [1.82, 2.24) is 4.90 Å². The van der Waals surface area contributed by atoms with Crippen LogP contribution in [0.1, 0.15) is 6.42 Å². The van der Waals surface area contributed by atoms with Crippen molar-refractivity contribution >= 4 is 17.2 Å². The van der Waals surface area contributed by atoms with Crippen LogP contribution < -0.4 is 5.73 Å². The second-order valence-electron chi connectivity index (χ2n) is 4.08. The number of thiocarbonyl (C=S) groups is 1. The lowest BCUT2D eigenvalue weighted by Gasteiger charge is -2.32. The molecule has 8 heteroatoms. The molecule has 18 heavy (non-hydrogen) atoms. The number of nitrogens with two attached hydrogens (primary N) is 1. The lowest BCUT2D eigenvalue weighted by Crippen LogP contribution is -2.48. The molecule has 1 aliphatic rings. The van der Waals surface area contributed by atoms with Crippen LogP contribution in [0.2, 0.25) is 0 Å². The Morgan fingerprint density at radius 2 is 2.22 bits per heavy atom. The van der Waals surface area contributed by atoms with Gasteiger partial charge in [-0.25, -0.2) is 0 Å². The Hall–Kier alpha value is -0.440. The van der Waals surface area contributed by atoms with E-state index in [0.29, 0.717) is 31.1 Å². The van der Waals surface area contributed by atoms with Crippen LogP contribution in [-0.4, -0.2) is 61.6 Å². The lowest BCUT2D eigenvalue weighted by molar-refractivity contribution is -0.174. The molecule has 106 valence electrons. The third-order valence-corrected chi connectivity index (χ3v) is 2.76. The van der Waals surface area contributed by atoms with Crippen LogP contribution in [0.5, 0.6) is 0 Å². The summed E-state index contributed by atoms with van der Waals surface area (Å²) in [6.45, 7) is 1.42. The van der Waals surface area contributed by atoms with E-state index in [0.717, 1.165) is 6.54 Å². The highest BCUT2D eigenvalue weighted by Gasteiger charge is 2.27. The second kappa shape index (κ2) is 7.22. The average molecular weight is 286 g/mol. The van der Waals surface area contributed by atoms with Gasteiger partial charge in [0.1, 0.15) is 17.7 Å². The monoisotopic (exact) mass is 286 g/mol. The summed E-state index contributed by atoms with van der Waals surface area (Å²) in [4.78, 5) is 2.37. The largest absolute Gasteiger partial charge is 0.411 e. The zero-order valence-electron chi connectivity index (χ0n) is 9.91. The number of hydrogen-bond donors (Lipinski definition) is 1. The van der Waals surface area contributed by atoms with Gasteiger partial charge in [-0.3, -0.25) is 4.90 Å². The predicted octanol–water partition coefficient (Wildman–Crippen LogP) is 0.942. The third-order valence-electron chi connectivity index (χ3n) is 2.50. The summed E-state index contributed by atoms with van der Waals surface area (Å²) < 4.78 is 45.3. The highest BCUT2D eigenvalue weighted by molar-refractivity contribution is 7.80. The fourth-order valence-corrected chi connectivity index (χ4v) is 1.80. The number of morpholine rings is 1. The van der Waals surface area contributed by atoms with Crippen molar-refractivity contribution < 1.29 is 22.6 Å². The van der Waals surface area contributed by atoms with Gasteiger partial charge >= 0.3 is 6.18 Å². The number of rotatable bonds is 6. The topological polar surface area (TPSA) is 47.7 Å². The standard InChI is InChI=1S/C10H17F3N2O2S/c11-10(12,13)7-16-4-1-2-15-3-5-17-8(6-15)9(14)18/h8H,1-7H2,(H2,14,18). The number of ether oxygens (including phenoxy) is 2. The minimum absolute atomic E-state index is 0.0919. The minimum Gasteiger partial charge on any atom is -0.391 e. The summed E-state index contributed by atoms with van der Waals surface area (Å²) in [5.41, 5.74) is 5.48. The summed E-state index contributed by atoms with van der Waals surface area (Å²) in [6.07, 6.45) is -3.97. The average Bonchev–Trinajstić information content (AvgIpc) is 2.27. The van der Waals surface area contributed by atoms with Gasteiger partial charge in [-0.1, -0.05) is 12.2 Å². The molecule has 1 saturated heterocycles. The zero-order chi connectivity index (χ0) is 13.6. The summed E-state index contributed by atoms with van der Waals surface area (Å²) in [5, 5.41) is 0. The van der Waals surface area contributed by atoms with E-state index in [-0.39, 0.29) is 12.7 Å². The Morgan fingerprint density at radius 3 is 2.83 bits per heavy atom. The molecule has 0 spiro atoms. The molecule has 0 amide bonds. The fraction of sp³-hybridized carbons (Fsp3) is 0.900. The van der Waals surface area contributed by atoms with E-state index in [4.69, 9.17) is 22.7 Å². The quantitative estimate of drug-likeness (QED) is 0.582. The molecule has 1 unspecified atom stereocenters. The van der Waals surface area contributed by atoms with Crippen molar-refractivity contribution in [3.8, 4) is 0 Å². The summed E-state index contributed by atoms with van der Waals surface area (Å²) in [7, 11) is 0. The van der Waals surface area contributed by atoms with Gasteiger partial charge in [0, 0.05) is 26.2 Å². The summed E-state index contributed by atoms with van der Waals surface area (Å²) in [5.74, 6) is 0. The Labute approximate surface area is 109 Å². The van der Waals surface area contributed by atoms with Crippen molar-refractivity contribution in [3.63, 3.8) is 0 Å². The van der Waals surface area contributed by atoms with Crippen LogP contribution >= 0.6 is 12.2 Å². The SMILES string of the molecule is NC(=S)C1CN(CCCOCC(F)(F)F)CCO1. The van der Waals surface area contributed by atoms with Crippen LogP contribution in [-0.2, 0) is 9.47 Å². The normalized spacial score (nSPS) is 22.1. The van der Waals surface area contributed by atoms with E-state index in [1.54, 1.807) is 0 Å². The van der Waals surface area contributed by atoms with Crippen LogP contribution in [0.3, 0.4) is 0 Å². The van der Waals surface area contributed by atoms with Crippen molar-refractivity contribution in [2.24, 2.45) is 5.73 Å². The molecule has 0 aliphatic carbocycles. The molecular weight excluding hydrogens is 269 g/mol. The Balaban J connectivity index is 2.10. The number of halogens is 3. The first-order chi connectivity index (χ1) is 8.38. The molecule has 0 radical (unpaired) electrons. The number of alkyl halides is 3. The fourth-order valence-electron chi connectivity index (χ4n) is 1.66. The van der Waals surface area contributed by atoms with Crippen LogP contribution in [0.25, 0.3) is 0 Å². The third kappa shape index (κ3) is 6.48. The predicted molar refractivity (Wildman–Crippen MR) is 64.5 cm³/mol. The first-order valence-electron chi connectivity index (χ1n) is 5.66. The van der Waals surface area contributed by atoms with Crippen molar-refractivity contribution in [3.05, 3.63) is 0 Å². The van der Waals surface area contributed by atoms with Crippen molar-refractivity contribution in [2.45, 2.75) is 18.7 Å². The highest BCUT2D eigenvalue weighted by atomic mass is 32.1. The smallest absolute Gasteiger partial charge is 0.391 e. The van der Waals surface area contributed by atoms with E-state index in [1.807, 2.05) is 0 Å². The maximum atomic E-state index is 11.8. The Bertz CT molecular complexity index is 276. The minimum atomic E-state index is -4.25. The van der Waals surface area contributed by atoms with E-state index in [1.165, 1.54) is 0 Å². The van der Waals surface area contributed by atoms with Gasteiger partial charge in [0.2, 0.25) is 0 Å². The van der Waals surface area contributed by atoms with Crippen molar-refractivity contribution in [1.29, 1.82) is 0 Å². The molecule has 1 rings (SSSR count). The molecule has 1 fully saturated rings. The number of nitrogens with zero attached hydrogens (tertiary/aromatic N) is 1. The first kappa shape index (κ1) is 15.6. The molecule has 1 heterocycles. The molecule has 0 aromatic rings. The summed E-state index contributed by atoms with van der Waals surface area (Å²) >= 11 is 4.84. The summed E-state index contributed by atoms with van der Waals surface area (Å²) in [6, 6.07) is 0. The van der Waals surface area contributed by atoms with Crippen LogP contribution in [0.15, 0.2) is 0 Å². The maximum Gasteiger partial charge on any atom is 0.411 e. The highest BCUT2D eigenvalue weighted by Crippen LogP contribution is 2.14. The van der Waals surface area contributed by atoms with Crippen LogP contribution in [0.4, 0.5) is 13.2 Å². The Kier molecular flexibility index (Phi) is 6.27. The zero-order valence-corrected chi connectivity index (χ0v) is 10.7. The van der Waals surface area contributed by atoms with E-state index in [9.17, 15) is 13.2 Å². The molecule has 0 aromatic carbocycles. The van der Waals surface area contributed by atoms with Gasteiger partial charge < -0.3 is 15.2 Å². The molecular formula is C10H17F3N2O2S. The Morgan fingerprint density at radius 1 is 1.50 bits per heavy atom. The maximum absolute atomic E-state index is 11.8. The van der Waals surface area contributed by atoms with Crippen LogP contribution in [0, 0.1) is 0 Å². The first-order valence-corrected chi connectivity index (χ1v) is 6.07. The van der Waals surface area contributed by atoms with E-state index in [2.05, 4.69) is 9.64 Å². The second-order valence-corrected chi connectivity index (χ2v) is 4.56. The van der Waals surface area contributed by atoms with Crippen molar-refractivity contribution in [2.75, 3.05) is 39.5 Å². The molecule has 1 aliphatic heterocycles. The van der Waals surface area contributed by atoms with Gasteiger partial charge in [0.15, 0.2) is 0 Å². The molecule has 4 nitrogen and oxygen atoms in total. The molecule has 0 saturated carbocycles. The lowest BCUT2D eigenvalue weighted by atomic mass is 10.2. The van der Waals surface area contributed by atoms with Gasteiger partial charge in [-0.05, 0) is 6.42 Å². The van der Waals surface area contributed by atoms with E-state index < -0.39 is 12.8 Å². The van der Waals surface area contributed by atoms with Gasteiger partial charge in [0.05, 0.1) is 6.61 Å². The van der Waals surface area contributed by atoms with E-state index >= 15 is 0 Å². The molecule has 0 aromatic heterocycles. The van der Waals surface area contributed by atoms with Gasteiger partial charge in [0.25, 0.3) is 0 Å². The molecule has 1 atom stereocenters. The van der Waals surface area contributed by atoms with Gasteiger partial charge in [-0.15, -0.1) is 0 Å². The molecule has 0 bridgehead atoms. The van der Waals surface area contributed by atoms with Gasteiger partial charge in [-0.2, -0.15) is 13.2 Å². The number of hydrogen-bond acceptors (Lipinski definition) is 4.